The molecule has 1 aromatic heterocycles. The molecule has 7 heteroatoms. The largest absolute Gasteiger partial charge is 0.394 e. The van der Waals surface area contributed by atoms with E-state index in [1.807, 2.05) is 30.3 Å². The van der Waals surface area contributed by atoms with Gasteiger partial charge in [0.05, 0.1) is 12.7 Å². The predicted octanol–water partition coefficient (Wildman–Crippen LogP) is 1.27. The third kappa shape index (κ3) is 3.16. The van der Waals surface area contributed by atoms with Gasteiger partial charge in [0.2, 0.25) is 0 Å². The topological polar surface area (TPSA) is 90.4 Å². The molecular weight excluding hydrogens is 302 g/mol. The Morgan fingerprint density at radius 1 is 1.36 bits per heavy atom. The lowest BCUT2D eigenvalue weighted by Crippen LogP contribution is -2.27. The first kappa shape index (κ1) is 15.1. The second kappa shape index (κ2) is 6.51. The number of anilines is 1. The van der Waals surface area contributed by atoms with Gasteiger partial charge in [0, 0.05) is 22.8 Å². The van der Waals surface area contributed by atoms with Gasteiger partial charge in [0.25, 0.3) is 0 Å². The molecule has 0 aliphatic carbocycles. The fraction of sp³-hybridized carbons (Fsp3) is 0.333. The van der Waals surface area contributed by atoms with E-state index in [0.29, 0.717) is 6.42 Å². The third-order valence-corrected chi connectivity index (χ3v) is 4.90. The van der Waals surface area contributed by atoms with Crippen molar-refractivity contribution in [1.29, 1.82) is 0 Å². The minimum atomic E-state index is -0.438. The van der Waals surface area contributed by atoms with E-state index >= 15 is 0 Å². The second-order valence-electron chi connectivity index (χ2n) is 5.06. The van der Waals surface area contributed by atoms with E-state index in [-0.39, 0.29) is 23.8 Å². The molecular formula is C15H17N3O3S. The Hall–Kier alpha value is -1.83. The van der Waals surface area contributed by atoms with Crippen molar-refractivity contribution in [3.63, 3.8) is 0 Å². The van der Waals surface area contributed by atoms with Gasteiger partial charge in [-0.05, 0) is 18.2 Å². The van der Waals surface area contributed by atoms with Crippen molar-refractivity contribution < 1.29 is 9.84 Å². The van der Waals surface area contributed by atoms with Crippen LogP contribution in [0.3, 0.4) is 0 Å². The molecule has 0 spiro atoms. The van der Waals surface area contributed by atoms with E-state index in [1.54, 1.807) is 24.0 Å². The number of aliphatic hydroxyl groups is 1. The van der Waals surface area contributed by atoms with Crippen LogP contribution in [0.1, 0.15) is 12.6 Å². The molecule has 1 aliphatic heterocycles. The van der Waals surface area contributed by atoms with Crippen molar-refractivity contribution in [2.75, 3.05) is 12.3 Å². The summed E-state index contributed by atoms with van der Waals surface area (Å²) in [5, 5.41) is 9.60. The molecule has 0 radical (unpaired) electrons. The first-order valence-electron chi connectivity index (χ1n) is 7.00. The van der Waals surface area contributed by atoms with Crippen LogP contribution in [0.15, 0.2) is 52.3 Å². The Kier molecular flexibility index (Phi) is 4.47. The molecule has 0 unspecified atom stereocenters. The van der Waals surface area contributed by atoms with Crippen molar-refractivity contribution in [3.05, 3.63) is 53.1 Å². The highest BCUT2D eigenvalue weighted by Crippen LogP contribution is 2.38. The Labute approximate surface area is 131 Å². The first-order chi connectivity index (χ1) is 10.7. The van der Waals surface area contributed by atoms with Gasteiger partial charge >= 0.3 is 5.69 Å². The van der Waals surface area contributed by atoms with Gasteiger partial charge < -0.3 is 15.6 Å². The Bertz CT molecular complexity index is 692. The van der Waals surface area contributed by atoms with Crippen LogP contribution in [0.4, 0.5) is 5.82 Å². The van der Waals surface area contributed by atoms with Crippen LogP contribution in [-0.4, -0.2) is 32.6 Å². The van der Waals surface area contributed by atoms with E-state index in [0.717, 1.165) is 4.90 Å². The lowest BCUT2D eigenvalue weighted by Gasteiger charge is -2.15. The average molecular weight is 319 g/mol. The monoisotopic (exact) mass is 319 g/mol. The first-order valence-corrected chi connectivity index (χ1v) is 7.88. The number of nitrogen functional groups attached to an aromatic ring is 1. The number of ether oxygens (including phenoxy) is 1. The zero-order valence-electron chi connectivity index (χ0n) is 11.8. The molecule has 116 valence electrons. The molecule has 22 heavy (non-hydrogen) atoms. The number of thioether (sulfide) groups is 1. The summed E-state index contributed by atoms with van der Waals surface area (Å²) in [7, 11) is 0. The standard InChI is InChI=1S/C15H17N3O3S/c16-13-6-7-18(15(20)17-13)14-8-12(11(9-19)21-14)22-10-4-2-1-3-5-10/h1-7,11-12,14,19H,8-9H2,(H2,16,17,20)/t11-,12+,14-/m1/s1. The van der Waals surface area contributed by atoms with Crippen molar-refractivity contribution in [1.82, 2.24) is 9.55 Å². The average Bonchev–Trinajstić information content (AvgIpc) is 2.91. The second-order valence-corrected chi connectivity index (χ2v) is 6.37. The van der Waals surface area contributed by atoms with Gasteiger partial charge in [-0.1, -0.05) is 18.2 Å². The van der Waals surface area contributed by atoms with Gasteiger partial charge in [0.1, 0.15) is 12.0 Å². The van der Waals surface area contributed by atoms with E-state index in [9.17, 15) is 9.90 Å². The summed E-state index contributed by atoms with van der Waals surface area (Å²) in [6.45, 7) is -0.0852. The molecule has 2 heterocycles. The maximum absolute atomic E-state index is 11.9. The van der Waals surface area contributed by atoms with Gasteiger partial charge in [-0.2, -0.15) is 4.98 Å². The molecule has 0 saturated carbocycles. The van der Waals surface area contributed by atoms with Crippen molar-refractivity contribution in [2.45, 2.75) is 28.9 Å². The van der Waals surface area contributed by atoms with Gasteiger partial charge in [-0.3, -0.25) is 4.57 Å². The molecule has 3 N–H and O–H groups in total. The lowest BCUT2D eigenvalue weighted by molar-refractivity contribution is -0.0236. The molecule has 0 bridgehead atoms. The number of aliphatic hydroxyl groups excluding tert-OH is 1. The van der Waals surface area contributed by atoms with E-state index < -0.39 is 11.9 Å². The minimum Gasteiger partial charge on any atom is -0.394 e. The quantitative estimate of drug-likeness (QED) is 0.882. The number of hydrogen-bond donors (Lipinski definition) is 2. The number of benzene rings is 1. The SMILES string of the molecule is Nc1ccn([C@H]2C[C@H](Sc3ccccc3)[C@@H](CO)O2)c(=O)n1. The van der Waals surface area contributed by atoms with Crippen LogP contribution < -0.4 is 11.4 Å². The minimum absolute atomic E-state index is 0.0712. The Balaban J connectivity index is 1.78. The highest BCUT2D eigenvalue weighted by atomic mass is 32.2. The molecule has 6 nitrogen and oxygen atoms in total. The number of nitrogens with zero attached hydrogens (tertiary/aromatic N) is 2. The molecule has 3 rings (SSSR count). The number of nitrogens with two attached hydrogens (primary N) is 1. The molecule has 0 amide bonds. The summed E-state index contributed by atoms with van der Waals surface area (Å²) in [5.74, 6) is 0.188. The Morgan fingerprint density at radius 3 is 2.82 bits per heavy atom. The van der Waals surface area contributed by atoms with E-state index in [1.165, 1.54) is 4.57 Å². The summed E-state index contributed by atoms with van der Waals surface area (Å²) >= 11 is 1.65. The highest BCUT2D eigenvalue weighted by molar-refractivity contribution is 8.00. The smallest absolute Gasteiger partial charge is 0.351 e. The Morgan fingerprint density at radius 2 is 2.14 bits per heavy atom. The third-order valence-electron chi connectivity index (χ3n) is 3.55. The summed E-state index contributed by atoms with van der Waals surface area (Å²) in [6, 6.07) is 11.5. The van der Waals surface area contributed by atoms with Crippen LogP contribution >= 0.6 is 11.8 Å². The van der Waals surface area contributed by atoms with Crippen LogP contribution in [0, 0.1) is 0 Å². The van der Waals surface area contributed by atoms with Gasteiger partial charge in [-0.15, -0.1) is 11.8 Å². The molecule has 3 atom stereocenters. The van der Waals surface area contributed by atoms with Crippen molar-refractivity contribution in [2.24, 2.45) is 0 Å². The summed E-state index contributed by atoms with van der Waals surface area (Å²) in [5.41, 5.74) is 5.06. The summed E-state index contributed by atoms with van der Waals surface area (Å²) in [4.78, 5) is 16.7. The lowest BCUT2D eigenvalue weighted by atomic mass is 10.2. The fourth-order valence-electron chi connectivity index (χ4n) is 2.48. The van der Waals surface area contributed by atoms with Crippen LogP contribution in [0.5, 0.6) is 0 Å². The van der Waals surface area contributed by atoms with Crippen LogP contribution in [-0.2, 0) is 4.74 Å². The zero-order chi connectivity index (χ0) is 15.5. The number of aromatic nitrogens is 2. The van der Waals surface area contributed by atoms with Crippen LogP contribution in [0.2, 0.25) is 0 Å². The normalized spacial score (nSPS) is 24.5. The molecule has 2 aromatic rings. The molecule has 1 aliphatic rings. The maximum Gasteiger partial charge on any atom is 0.351 e. The summed E-state index contributed by atoms with van der Waals surface area (Å²) < 4.78 is 7.23. The van der Waals surface area contributed by atoms with E-state index in [4.69, 9.17) is 10.5 Å². The molecule has 1 fully saturated rings. The van der Waals surface area contributed by atoms with E-state index in [2.05, 4.69) is 4.98 Å². The van der Waals surface area contributed by atoms with Crippen LogP contribution in [0.25, 0.3) is 0 Å². The highest BCUT2D eigenvalue weighted by Gasteiger charge is 2.36. The molecule has 1 saturated heterocycles. The fourth-order valence-corrected chi connectivity index (χ4v) is 3.70. The van der Waals surface area contributed by atoms with Gasteiger partial charge in [0.15, 0.2) is 0 Å². The summed E-state index contributed by atoms with van der Waals surface area (Å²) in [6.07, 6.45) is 1.45. The number of rotatable bonds is 4. The number of hydrogen-bond acceptors (Lipinski definition) is 6. The molecule has 1 aromatic carbocycles. The maximum atomic E-state index is 11.9. The predicted molar refractivity (Wildman–Crippen MR) is 84.6 cm³/mol. The zero-order valence-corrected chi connectivity index (χ0v) is 12.6. The van der Waals surface area contributed by atoms with Crippen molar-refractivity contribution in [3.8, 4) is 0 Å². The van der Waals surface area contributed by atoms with Crippen molar-refractivity contribution >= 4 is 17.6 Å². The van der Waals surface area contributed by atoms with Gasteiger partial charge in [-0.25, -0.2) is 4.79 Å².